The van der Waals surface area contributed by atoms with Crippen molar-refractivity contribution in [3.05, 3.63) is 41.0 Å². The molecule has 1 aromatic carbocycles. The average molecular weight is 236 g/mol. The maximum atomic E-state index is 11.0. The van der Waals surface area contributed by atoms with Crippen molar-refractivity contribution in [1.82, 2.24) is 0 Å². The summed E-state index contributed by atoms with van der Waals surface area (Å²) in [5.74, 6) is 0.255. The number of nitro benzene ring substituents is 1. The highest BCUT2D eigenvalue weighted by atomic mass is 16.6. The number of ether oxygens (including phenoxy) is 1. The molecule has 0 heterocycles. The van der Waals surface area contributed by atoms with Crippen LogP contribution in [0.3, 0.4) is 0 Å². The standard InChI is InChI=1S/C12H16N2O3/c1-4-6-9(2)13-10-7-5-8-11(17-3)12(10)14(15)16/h4-5,7-9,13H,1,6H2,2-3H3. The predicted octanol–water partition coefficient (Wildman–Crippen LogP) is 2.98. The fourth-order valence-electron chi connectivity index (χ4n) is 1.57. The Bertz CT molecular complexity index is 418. The van der Waals surface area contributed by atoms with E-state index in [4.69, 9.17) is 4.74 Å². The van der Waals surface area contributed by atoms with Gasteiger partial charge in [0.2, 0.25) is 0 Å². The van der Waals surface area contributed by atoms with Crippen LogP contribution in [0, 0.1) is 10.1 Å². The third-order valence-corrected chi connectivity index (χ3v) is 2.32. The van der Waals surface area contributed by atoms with Gasteiger partial charge in [0, 0.05) is 6.04 Å². The number of methoxy groups -OCH3 is 1. The van der Waals surface area contributed by atoms with Crippen LogP contribution in [0.15, 0.2) is 30.9 Å². The Labute approximate surface area is 100 Å². The summed E-state index contributed by atoms with van der Waals surface area (Å²) in [7, 11) is 1.42. The van der Waals surface area contributed by atoms with Gasteiger partial charge in [0.15, 0.2) is 5.75 Å². The molecule has 1 atom stereocenters. The number of nitro groups is 1. The van der Waals surface area contributed by atoms with E-state index in [1.165, 1.54) is 7.11 Å². The van der Waals surface area contributed by atoms with Gasteiger partial charge < -0.3 is 10.1 Å². The first-order valence-electron chi connectivity index (χ1n) is 5.29. The van der Waals surface area contributed by atoms with Crippen molar-refractivity contribution in [2.45, 2.75) is 19.4 Å². The highest BCUT2D eigenvalue weighted by molar-refractivity contribution is 5.68. The van der Waals surface area contributed by atoms with Crippen LogP contribution < -0.4 is 10.1 Å². The van der Waals surface area contributed by atoms with Crippen LogP contribution in [0.25, 0.3) is 0 Å². The van der Waals surface area contributed by atoms with E-state index in [0.717, 1.165) is 6.42 Å². The molecule has 0 saturated heterocycles. The van der Waals surface area contributed by atoms with Crippen molar-refractivity contribution in [3.8, 4) is 5.75 Å². The maximum absolute atomic E-state index is 11.0. The lowest BCUT2D eigenvalue weighted by Gasteiger charge is -2.14. The molecule has 0 radical (unpaired) electrons. The summed E-state index contributed by atoms with van der Waals surface area (Å²) in [6, 6.07) is 5.04. The Morgan fingerprint density at radius 1 is 1.65 bits per heavy atom. The Morgan fingerprint density at radius 2 is 2.35 bits per heavy atom. The maximum Gasteiger partial charge on any atom is 0.333 e. The van der Waals surface area contributed by atoms with Gasteiger partial charge in [-0.25, -0.2) is 0 Å². The molecule has 0 aliphatic rings. The first-order chi connectivity index (χ1) is 8.10. The second kappa shape index (κ2) is 5.89. The molecule has 92 valence electrons. The number of hydrogen-bond acceptors (Lipinski definition) is 4. The van der Waals surface area contributed by atoms with Crippen molar-refractivity contribution < 1.29 is 9.66 Å². The van der Waals surface area contributed by atoms with Gasteiger partial charge in [-0.05, 0) is 25.5 Å². The van der Waals surface area contributed by atoms with Gasteiger partial charge in [0.25, 0.3) is 0 Å². The molecule has 0 bridgehead atoms. The van der Waals surface area contributed by atoms with Crippen molar-refractivity contribution in [2.75, 3.05) is 12.4 Å². The number of para-hydroxylation sites is 1. The predicted molar refractivity (Wildman–Crippen MR) is 67.5 cm³/mol. The molecule has 1 rings (SSSR count). The molecule has 0 aliphatic heterocycles. The van der Waals surface area contributed by atoms with E-state index < -0.39 is 4.92 Å². The normalized spacial score (nSPS) is 11.6. The van der Waals surface area contributed by atoms with E-state index in [0.29, 0.717) is 5.69 Å². The summed E-state index contributed by atoms with van der Waals surface area (Å²) in [6.07, 6.45) is 2.50. The fourth-order valence-corrected chi connectivity index (χ4v) is 1.57. The molecule has 1 unspecified atom stereocenters. The zero-order valence-corrected chi connectivity index (χ0v) is 9.97. The topological polar surface area (TPSA) is 64.4 Å². The number of anilines is 1. The second-order valence-corrected chi connectivity index (χ2v) is 3.68. The van der Waals surface area contributed by atoms with Crippen molar-refractivity contribution in [1.29, 1.82) is 0 Å². The highest BCUT2D eigenvalue weighted by Gasteiger charge is 2.20. The monoisotopic (exact) mass is 236 g/mol. The lowest BCUT2D eigenvalue weighted by Crippen LogP contribution is -2.15. The lowest BCUT2D eigenvalue weighted by molar-refractivity contribution is -0.384. The molecule has 1 N–H and O–H groups in total. The van der Waals surface area contributed by atoms with Gasteiger partial charge in [-0.2, -0.15) is 0 Å². The van der Waals surface area contributed by atoms with Crippen LogP contribution >= 0.6 is 0 Å². The molecule has 5 heteroatoms. The van der Waals surface area contributed by atoms with E-state index in [9.17, 15) is 10.1 Å². The first-order valence-corrected chi connectivity index (χ1v) is 5.29. The molecule has 0 aromatic heterocycles. The number of nitrogens with one attached hydrogen (secondary N) is 1. The van der Waals surface area contributed by atoms with Gasteiger partial charge in [-0.3, -0.25) is 10.1 Å². The summed E-state index contributed by atoms with van der Waals surface area (Å²) >= 11 is 0. The third-order valence-electron chi connectivity index (χ3n) is 2.32. The van der Waals surface area contributed by atoms with Crippen LogP contribution in [0.5, 0.6) is 5.75 Å². The summed E-state index contributed by atoms with van der Waals surface area (Å²) in [5.41, 5.74) is 0.426. The molecule has 0 saturated carbocycles. The molecule has 0 spiro atoms. The van der Waals surface area contributed by atoms with Gasteiger partial charge in [-0.1, -0.05) is 12.1 Å². The van der Waals surface area contributed by atoms with Crippen LogP contribution in [-0.4, -0.2) is 18.1 Å². The van der Waals surface area contributed by atoms with E-state index in [-0.39, 0.29) is 17.5 Å². The van der Waals surface area contributed by atoms with Gasteiger partial charge in [-0.15, -0.1) is 6.58 Å². The van der Waals surface area contributed by atoms with Crippen molar-refractivity contribution in [3.63, 3.8) is 0 Å². The summed E-state index contributed by atoms with van der Waals surface area (Å²) in [4.78, 5) is 10.6. The van der Waals surface area contributed by atoms with Crippen LogP contribution in [0.4, 0.5) is 11.4 Å². The minimum absolute atomic E-state index is 0.0362. The highest BCUT2D eigenvalue weighted by Crippen LogP contribution is 2.34. The van der Waals surface area contributed by atoms with Gasteiger partial charge >= 0.3 is 5.69 Å². The average Bonchev–Trinajstić information content (AvgIpc) is 2.28. The Morgan fingerprint density at radius 3 is 2.88 bits per heavy atom. The van der Waals surface area contributed by atoms with Crippen LogP contribution in [-0.2, 0) is 0 Å². The second-order valence-electron chi connectivity index (χ2n) is 3.68. The molecule has 0 fully saturated rings. The summed E-state index contributed by atoms with van der Waals surface area (Å²) in [6.45, 7) is 5.57. The van der Waals surface area contributed by atoms with Gasteiger partial charge in [0.05, 0.1) is 12.0 Å². The molecule has 0 aliphatic carbocycles. The minimum atomic E-state index is -0.443. The SMILES string of the molecule is C=CCC(C)Nc1cccc(OC)c1[N+](=O)[O-]. The number of rotatable bonds is 6. The Kier molecular flexibility index (Phi) is 4.51. The molecule has 17 heavy (non-hydrogen) atoms. The summed E-state index contributed by atoms with van der Waals surface area (Å²) < 4.78 is 4.99. The Hall–Kier alpha value is -2.04. The lowest BCUT2D eigenvalue weighted by atomic mass is 10.2. The Balaban J connectivity index is 3.05. The third kappa shape index (κ3) is 3.21. The zero-order chi connectivity index (χ0) is 12.8. The van der Waals surface area contributed by atoms with Crippen molar-refractivity contribution >= 4 is 11.4 Å². The number of nitrogens with zero attached hydrogens (tertiary/aromatic N) is 1. The largest absolute Gasteiger partial charge is 0.490 e. The van der Waals surface area contributed by atoms with Crippen molar-refractivity contribution in [2.24, 2.45) is 0 Å². The van der Waals surface area contributed by atoms with E-state index in [1.54, 1.807) is 24.3 Å². The fraction of sp³-hybridized carbons (Fsp3) is 0.333. The molecule has 0 amide bonds. The minimum Gasteiger partial charge on any atom is -0.490 e. The van der Waals surface area contributed by atoms with Gasteiger partial charge in [0.1, 0.15) is 5.69 Å². The van der Waals surface area contributed by atoms with E-state index in [2.05, 4.69) is 11.9 Å². The first kappa shape index (κ1) is 13.0. The molecule has 1 aromatic rings. The number of benzene rings is 1. The smallest absolute Gasteiger partial charge is 0.333 e. The van der Waals surface area contributed by atoms with E-state index >= 15 is 0 Å². The van der Waals surface area contributed by atoms with Crippen LogP contribution in [0.2, 0.25) is 0 Å². The summed E-state index contributed by atoms with van der Waals surface area (Å²) in [5, 5.41) is 14.1. The quantitative estimate of drug-likeness (QED) is 0.468. The molecular weight excluding hydrogens is 220 g/mol. The molecule has 5 nitrogen and oxygen atoms in total. The number of hydrogen-bond donors (Lipinski definition) is 1. The van der Waals surface area contributed by atoms with E-state index in [1.807, 2.05) is 6.92 Å². The molecular formula is C12H16N2O3. The zero-order valence-electron chi connectivity index (χ0n) is 9.97. The van der Waals surface area contributed by atoms with Crippen LogP contribution in [0.1, 0.15) is 13.3 Å².